The lowest BCUT2D eigenvalue weighted by Crippen LogP contribution is -2.19. The lowest BCUT2D eigenvalue weighted by molar-refractivity contribution is -0.115. The second kappa shape index (κ2) is 8.37. The van der Waals surface area contributed by atoms with Crippen LogP contribution in [0, 0.1) is 6.92 Å². The van der Waals surface area contributed by atoms with Gasteiger partial charge in [0, 0.05) is 5.02 Å². The monoisotopic (exact) mass is 466 g/mol. The number of carbonyl (C=O) groups is 1. The summed E-state index contributed by atoms with van der Waals surface area (Å²) in [7, 11) is 3.14. The Bertz CT molecular complexity index is 976. The Morgan fingerprint density at radius 1 is 1.22 bits per heavy atom. The Morgan fingerprint density at radius 3 is 2.67 bits per heavy atom. The van der Waals surface area contributed by atoms with E-state index in [9.17, 15) is 4.79 Å². The summed E-state index contributed by atoms with van der Waals surface area (Å²) in [5.74, 6) is 0.967. The van der Waals surface area contributed by atoms with Gasteiger partial charge in [-0.05, 0) is 76.1 Å². The third kappa shape index (κ3) is 4.48. The van der Waals surface area contributed by atoms with Gasteiger partial charge in [0.15, 0.2) is 16.7 Å². The standard InChI is InChI=1S/C19H16BrClN2O3S/c1-10-4-5-12(9-14(10)21)22-19-23-18(24)16(27-19)8-11-6-13(20)17(26-3)15(7-11)25-2/h4-9H,1-3H3,(H,22,23,24)/b16-8-. The predicted octanol–water partition coefficient (Wildman–Crippen LogP) is 5.32. The van der Waals surface area contributed by atoms with Crippen LogP contribution in [0.4, 0.5) is 5.69 Å². The van der Waals surface area contributed by atoms with E-state index >= 15 is 0 Å². The zero-order valence-corrected chi connectivity index (χ0v) is 18.0. The summed E-state index contributed by atoms with van der Waals surface area (Å²) in [4.78, 5) is 17.3. The average molecular weight is 468 g/mol. The van der Waals surface area contributed by atoms with Gasteiger partial charge in [-0.25, -0.2) is 4.99 Å². The summed E-state index contributed by atoms with van der Waals surface area (Å²) in [6.07, 6.45) is 1.78. The van der Waals surface area contributed by atoms with Crippen molar-refractivity contribution in [3.8, 4) is 11.5 Å². The zero-order chi connectivity index (χ0) is 19.6. The summed E-state index contributed by atoms with van der Waals surface area (Å²) in [5.41, 5.74) is 2.46. The molecular weight excluding hydrogens is 452 g/mol. The fourth-order valence-electron chi connectivity index (χ4n) is 2.42. The molecule has 0 saturated carbocycles. The van der Waals surface area contributed by atoms with Crippen LogP contribution in [0.2, 0.25) is 5.02 Å². The molecule has 1 heterocycles. The molecule has 2 aromatic carbocycles. The van der Waals surface area contributed by atoms with E-state index in [2.05, 4.69) is 26.2 Å². The highest BCUT2D eigenvalue weighted by molar-refractivity contribution is 9.10. The highest BCUT2D eigenvalue weighted by atomic mass is 79.9. The molecule has 0 spiro atoms. The molecule has 2 aromatic rings. The largest absolute Gasteiger partial charge is 0.493 e. The molecule has 1 aliphatic rings. The molecule has 1 amide bonds. The van der Waals surface area contributed by atoms with Crippen LogP contribution in [0.3, 0.4) is 0 Å². The minimum atomic E-state index is -0.206. The number of hydrogen-bond donors (Lipinski definition) is 1. The molecule has 8 heteroatoms. The number of methoxy groups -OCH3 is 2. The van der Waals surface area contributed by atoms with Gasteiger partial charge in [-0.1, -0.05) is 17.7 Å². The summed E-state index contributed by atoms with van der Waals surface area (Å²) in [6, 6.07) is 9.18. The molecule has 0 unspecified atom stereocenters. The lowest BCUT2D eigenvalue weighted by atomic mass is 10.2. The highest BCUT2D eigenvalue weighted by Gasteiger charge is 2.24. The number of aryl methyl sites for hydroxylation is 1. The van der Waals surface area contributed by atoms with E-state index in [1.165, 1.54) is 11.8 Å². The number of carbonyl (C=O) groups excluding carboxylic acids is 1. The van der Waals surface area contributed by atoms with Gasteiger partial charge in [-0.3, -0.25) is 4.79 Å². The highest BCUT2D eigenvalue weighted by Crippen LogP contribution is 2.38. The van der Waals surface area contributed by atoms with Crippen molar-refractivity contribution in [3.63, 3.8) is 0 Å². The molecule has 0 bridgehead atoms. The molecule has 0 aliphatic carbocycles. The van der Waals surface area contributed by atoms with Crippen molar-refractivity contribution in [2.75, 3.05) is 14.2 Å². The Morgan fingerprint density at radius 2 is 2.00 bits per heavy atom. The van der Waals surface area contributed by atoms with Gasteiger partial charge >= 0.3 is 0 Å². The van der Waals surface area contributed by atoms with Gasteiger partial charge in [-0.2, -0.15) is 0 Å². The smallest absolute Gasteiger partial charge is 0.264 e. The molecule has 0 aromatic heterocycles. The Hall–Kier alpha value is -1.96. The first kappa shape index (κ1) is 19.8. The van der Waals surface area contributed by atoms with Crippen LogP contribution >= 0.6 is 39.3 Å². The Kier molecular flexibility index (Phi) is 6.14. The lowest BCUT2D eigenvalue weighted by Gasteiger charge is -2.10. The van der Waals surface area contributed by atoms with E-state index in [0.717, 1.165) is 15.6 Å². The number of aliphatic imine (C=N–C) groups is 1. The van der Waals surface area contributed by atoms with Gasteiger partial charge in [0.2, 0.25) is 0 Å². The molecule has 140 valence electrons. The zero-order valence-electron chi connectivity index (χ0n) is 14.8. The Balaban J connectivity index is 1.88. The van der Waals surface area contributed by atoms with E-state index in [4.69, 9.17) is 21.1 Å². The van der Waals surface area contributed by atoms with Crippen LogP contribution in [0.25, 0.3) is 6.08 Å². The topological polar surface area (TPSA) is 59.9 Å². The Labute approximate surface area is 174 Å². The number of rotatable bonds is 4. The molecule has 1 fully saturated rings. The van der Waals surface area contributed by atoms with E-state index in [1.807, 2.05) is 25.1 Å². The number of nitrogens with one attached hydrogen (secondary N) is 1. The van der Waals surface area contributed by atoms with E-state index in [0.29, 0.717) is 32.3 Å². The number of amides is 1. The summed E-state index contributed by atoms with van der Waals surface area (Å²) in [5, 5.41) is 3.91. The molecule has 1 saturated heterocycles. The maximum Gasteiger partial charge on any atom is 0.264 e. The fourth-order valence-corrected chi connectivity index (χ4v) is 4.06. The van der Waals surface area contributed by atoms with Crippen molar-refractivity contribution in [2.45, 2.75) is 6.92 Å². The molecule has 27 heavy (non-hydrogen) atoms. The van der Waals surface area contributed by atoms with E-state index < -0.39 is 0 Å². The number of ether oxygens (including phenoxy) is 2. The SMILES string of the molecule is COc1cc(/C=C2\SC(=Nc3ccc(C)c(Cl)c3)NC2=O)cc(Br)c1OC. The molecule has 1 N–H and O–H groups in total. The normalized spacial score (nSPS) is 16.7. The predicted molar refractivity (Wildman–Crippen MR) is 114 cm³/mol. The maximum atomic E-state index is 12.3. The fraction of sp³-hybridized carbons (Fsp3) is 0.158. The van der Waals surface area contributed by atoms with Crippen LogP contribution in [0.5, 0.6) is 11.5 Å². The van der Waals surface area contributed by atoms with Crippen molar-refractivity contribution in [1.82, 2.24) is 5.32 Å². The summed E-state index contributed by atoms with van der Waals surface area (Å²) in [6.45, 7) is 1.92. The summed E-state index contributed by atoms with van der Waals surface area (Å²) >= 11 is 10.9. The van der Waals surface area contributed by atoms with Crippen molar-refractivity contribution in [2.24, 2.45) is 4.99 Å². The van der Waals surface area contributed by atoms with Crippen molar-refractivity contribution < 1.29 is 14.3 Å². The third-order valence-electron chi connectivity index (χ3n) is 3.79. The van der Waals surface area contributed by atoms with Crippen molar-refractivity contribution in [3.05, 3.63) is 55.9 Å². The number of amidine groups is 1. The number of halogens is 2. The first-order valence-corrected chi connectivity index (χ1v) is 9.87. The number of nitrogens with zero attached hydrogens (tertiary/aromatic N) is 1. The summed E-state index contributed by atoms with van der Waals surface area (Å²) < 4.78 is 11.4. The van der Waals surface area contributed by atoms with Crippen molar-refractivity contribution >= 4 is 62.1 Å². The molecule has 0 atom stereocenters. The first-order chi connectivity index (χ1) is 12.9. The second-order valence-corrected chi connectivity index (χ2v) is 7.95. The number of thioether (sulfide) groups is 1. The minimum absolute atomic E-state index is 0.206. The van der Waals surface area contributed by atoms with E-state index in [-0.39, 0.29) is 5.91 Å². The van der Waals surface area contributed by atoms with Gasteiger partial charge in [-0.15, -0.1) is 0 Å². The molecule has 1 aliphatic heterocycles. The number of benzene rings is 2. The van der Waals surface area contributed by atoms with Gasteiger partial charge < -0.3 is 14.8 Å². The maximum absolute atomic E-state index is 12.3. The quantitative estimate of drug-likeness (QED) is 0.618. The number of hydrogen-bond acceptors (Lipinski definition) is 5. The third-order valence-corrected chi connectivity index (χ3v) is 5.70. The van der Waals surface area contributed by atoms with Gasteiger partial charge in [0.05, 0.1) is 29.3 Å². The van der Waals surface area contributed by atoms with Gasteiger partial charge in [0.25, 0.3) is 5.91 Å². The van der Waals surface area contributed by atoms with Crippen LogP contribution in [-0.4, -0.2) is 25.3 Å². The molecule has 0 radical (unpaired) electrons. The van der Waals surface area contributed by atoms with E-state index in [1.54, 1.807) is 32.4 Å². The van der Waals surface area contributed by atoms with Gasteiger partial charge in [0.1, 0.15) is 0 Å². The minimum Gasteiger partial charge on any atom is -0.493 e. The van der Waals surface area contributed by atoms with Crippen LogP contribution < -0.4 is 14.8 Å². The van der Waals surface area contributed by atoms with Crippen LogP contribution in [0.15, 0.2) is 44.7 Å². The van der Waals surface area contributed by atoms with Crippen LogP contribution in [-0.2, 0) is 4.79 Å². The second-order valence-electron chi connectivity index (χ2n) is 5.65. The van der Waals surface area contributed by atoms with Crippen molar-refractivity contribution in [1.29, 1.82) is 0 Å². The molecule has 3 rings (SSSR count). The first-order valence-electron chi connectivity index (χ1n) is 7.88. The molecule has 5 nitrogen and oxygen atoms in total. The molecular formula is C19H16BrClN2O3S. The van der Waals surface area contributed by atoms with Crippen LogP contribution in [0.1, 0.15) is 11.1 Å². The average Bonchev–Trinajstić information content (AvgIpc) is 2.96.